The van der Waals surface area contributed by atoms with Gasteiger partial charge in [0.05, 0.1) is 39.0 Å². The van der Waals surface area contributed by atoms with Crippen molar-refractivity contribution < 1.29 is 4.74 Å². The molecule has 0 N–H and O–H groups in total. The van der Waals surface area contributed by atoms with Gasteiger partial charge in [0.15, 0.2) is 5.75 Å². The lowest BCUT2D eigenvalue weighted by Crippen LogP contribution is -2.37. The van der Waals surface area contributed by atoms with Gasteiger partial charge in [0, 0.05) is 43.8 Å². The Hall–Kier alpha value is -7.76. The van der Waals surface area contributed by atoms with E-state index in [0.29, 0.717) is 5.95 Å². The number of benzene rings is 8. The number of ether oxygens (including phenoxy) is 1. The van der Waals surface area contributed by atoms with Gasteiger partial charge in [-0.25, -0.2) is 9.97 Å². The van der Waals surface area contributed by atoms with Gasteiger partial charge in [-0.3, -0.25) is 4.57 Å². The summed E-state index contributed by atoms with van der Waals surface area (Å²) in [5, 5.41) is 4.67. The predicted molar refractivity (Wildman–Crippen MR) is 234 cm³/mol. The summed E-state index contributed by atoms with van der Waals surface area (Å²) >= 11 is 0. The summed E-state index contributed by atoms with van der Waals surface area (Å²) in [5.41, 5.74) is 13.2. The first-order valence-electron chi connectivity index (χ1n) is 19.8. The molecule has 0 saturated heterocycles. The molecule has 3 aromatic heterocycles. The van der Waals surface area contributed by atoms with Crippen LogP contribution >= 0.6 is 0 Å². The highest BCUT2D eigenvalue weighted by atomic mass is 16.5. The fourth-order valence-electron chi connectivity index (χ4n) is 10.1. The van der Waals surface area contributed by atoms with Crippen LogP contribution in [0.15, 0.2) is 194 Å². The van der Waals surface area contributed by atoms with E-state index in [9.17, 15) is 0 Å². The van der Waals surface area contributed by atoms with Crippen molar-refractivity contribution >= 4 is 43.6 Å². The van der Waals surface area contributed by atoms with Crippen molar-refractivity contribution in [3.8, 4) is 45.6 Å². The standard InChI is InChI=1S/C53H32N4O/c1-3-16-33(17-4-1)43-32-44(34-18-5-2-6-19-34)55-52(54-43)57-46-27-12-8-21-36(46)38-30-31-42-51(50(38)57)58-48-29-14-10-24-40(48)53(42)39-23-9-13-28-47(39)56-45-26-11-7-20-35(45)37-22-15-25-41(53)49(37)56/h1-32H. The van der Waals surface area contributed by atoms with Crippen LogP contribution in [0.25, 0.3) is 77.8 Å². The van der Waals surface area contributed by atoms with Crippen LogP contribution < -0.4 is 4.74 Å². The zero-order chi connectivity index (χ0) is 38.0. The molecule has 1 spiro atoms. The van der Waals surface area contributed by atoms with Gasteiger partial charge in [0.1, 0.15) is 11.3 Å². The third-order valence-corrected chi connectivity index (χ3v) is 12.4. The molecule has 5 nitrogen and oxygen atoms in total. The fourth-order valence-corrected chi connectivity index (χ4v) is 10.1. The third-order valence-electron chi connectivity index (χ3n) is 12.4. The number of aromatic nitrogens is 4. The van der Waals surface area contributed by atoms with E-state index < -0.39 is 5.41 Å². The number of hydrogen-bond donors (Lipinski definition) is 0. The molecule has 2 aliphatic rings. The van der Waals surface area contributed by atoms with Gasteiger partial charge in [-0.15, -0.1) is 0 Å². The van der Waals surface area contributed by atoms with Gasteiger partial charge in [0.25, 0.3) is 0 Å². The molecule has 270 valence electrons. The van der Waals surface area contributed by atoms with Crippen LogP contribution in [-0.2, 0) is 5.41 Å². The molecule has 5 heterocycles. The minimum absolute atomic E-state index is 0.586. The molecule has 0 aliphatic carbocycles. The van der Waals surface area contributed by atoms with Crippen molar-refractivity contribution in [1.29, 1.82) is 0 Å². The highest BCUT2D eigenvalue weighted by Gasteiger charge is 2.51. The van der Waals surface area contributed by atoms with Crippen LogP contribution in [0.2, 0.25) is 0 Å². The van der Waals surface area contributed by atoms with Gasteiger partial charge in [-0.05, 0) is 41.5 Å². The Morgan fingerprint density at radius 1 is 0.397 bits per heavy atom. The van der Waals surface area contributed by atoms with Crippen molar-refractivity contribution in [1.82, 2.24) is 19.1 Å². The fraction of sp³-hybridized carbons (Fsp3) is 0.0189. The molecule has 11 aromatic rings. The topological polar surface area (TPSA) is 44.9 Å². The van der Waals surface area contributed by atoms with Crippen molar-refractivity contribution in [3.63, 3.8) is 0 Å². The minimum atomic E-state index is -0.706. The maximum absolute atomic E-state index is 7.31. The van der Waals surface area contributed by atoms with E-state index in [0.717, 1.165) is 66.9 Å². The first-order valence-corrected chi connectivity index (χ1v) is 19.8. The molecular weight excluding hydrogens is 709 g/mol. The maximum atomic E-state index is 7.31. The lowest BCUT2D eigenvalue weighted by molar-refractivity contribution is 0.437. The first kappa shape index (κ1) is 31.4. The second-order valence-electron chi connectivity index (χ2n) is 15.3. The van der Waals surface area contributed by atoms with Crippen LogP contribution in [0.4, 0.5) is 0 Å². The molecule has 58 heavy (non-hydrogen) atoms. The third kappa shape index (κ3) is 4.04. The summed E-state index contributed by atoms with van der Waals surface area (Å²) in [4.78, 5) is 10.8. The second-order valence-corrected chi connectivity index (χ2v) is 15.3. The molecule has 0 saturated carbocycles. The monoisotopic (exact) mass is 740 g/mol. The van der Waals surface area contributed by atoms with E-state index in [1.807, 2.05) is 12.1 Å². The molecular formula is C53H32N4O. The largest absolute Gasteiger partial charge is 0.454 e. The first-order chi connectivity index (χ1) is 28.8. The quantitative estimate of drug-likeness (QED) is 0.181. The zero-order valence-electron chi connectivity index (χ0n) is 31.2. The van der Waals surface area contributed by atoms with Crippen LogP contribution in [0.3, 0.4) is 0 Å². The number of hydrogen-bond acceptors (Lipinski definition) is 3. The minimum Gasteiger partial charge on any atom is -0.454 e. The number of rotatable bonds is 3. The normalized spacial score (nSPS) is 15.1. The van der Waals surface area contributed by atoms with Crippen LogP contribution in [0.1, 0.15) is 22.3 Å². The summed E-state index contributed by atoms with van der Waals surface area (Å²) in [6, 6.07) is 69.2. The van der Waals surface area contributed by atoms with Gasteiger partial charge in [0.2, 0.25) is 5.95 Å². The molecule has 0 bridgehead atoms. The van der Waals surface area contributed by atoms with Crippen molar-refractivity contribution in [3.05, 3.63) is 216 Å². The molecule has 1 atom stereocenters. The molecule has 5 heteroatoms. The van der Waals surface area contributed by atoms with Gasteiger partial charge in [-0.1, -0.05) is 164 Å². The molecule has 0 amide bonds. The molecule has 2 aliphatic heterocycles. The lowest BCUT2D eigenvalue weighted by Gasteiger charge is -2.45. The molecule has 13 rings (SSSR count). The summed E-state index contributed by atoms with van der Waals surface area (Å²) < 4.78 is 12.0. The number of para-hydroxylation sites is 5. The van der Waals surface area contributed by atoms with E-state index in [1.165, 1.54) is 38.6 Å². The highest BCUT2D eigenvalue weighted by molar-refractivity contribution is 6.14. The van der Waals surface area contributed by atoms with E-state index in [2.05, 4.69) is 191 Å². The Morgan fingerprint density at radius 2 is 0.948 bits per heavy atom. The van der Waals surface area contributed by atoms with Gasteiger partial charge < -0.3 is 9.30 Å². The van der Waals surface area contributed by atoms with Crippen LogP contribution in [0, 0.1) is 0 Å². The summed E-state index contributed by atoms with van der Waals surface area (Å²) in [5.74, 6) is 2.22. The van der Waals surface area contributed by atoms with E-state index in [1.54, 1.807) is 0 Å². The smallest absolute Gasteiger partial charge is 0.235 e. The van der Waals surface area contributed by atoms with E-state index in [-0.39, 0.29) is 0 Å². The lowest BCUT2D eigenvalue weighted by atomic mass is 9.61. The molecule has 1 unspecified atom stereocenters. The highest BCUT2D eigenvalue weighted by Crippen LogP contribution is 2.61. The van der Waals surface area contributed by atoms with Gasteiger partial charge >= 0.3 is 0 Å². The van der Waals surface area contributed by atoms with Crippen LogP contribution in [0.5, 0.6) is 11.5 Å². The summed E-state index contributed by atoms with van der Waals surface area (Å²) in [6.07, 6.45) is 0. The summed E-state index contributed by atoms with van der Waals surface area (Å²) in [6.45, 7) is 0. The Morgan fingerprint density at radius 3 is 1.67 bits per heavy atom. The zero-order valence-corrected chi connectivity index (χ0v) is 31.2. The Bertz CT molecular complexity index is 3430. The molecule has 0 fully saturated rings. The number of fused-ring (bicyclic) bond motifs is 15. The SMILES string of the molecule is c1ccc(-c2cc(-c3ccccc3)nc(-n3c4ccccc4c4ccc5c(c43)Oc3ccccc3C53c4ccccc4-n4c5ccccc5c5cccc3c54)n2)cc1. The Kier molecular flexibility index (Phi) is 6.31. The van der Waals surface area contributed by atoms with Crippen molar-refractivity contribution in [2.24, 2.45) is 0 Å². The van der Waals surface area contributed by atoms with Crippen molar-refractivity contribution in [2.75, 3.05) is 0 Å². The second kappa shape index (κ2) is 11.6. The molecule has 0 radical (unpaired) electrons. The van der Waals surface area contributed by atoms with E-state index >= 15 is 0 Å². The van der Waals surface area contributed by atoms with Gasteiger partial charge in [-0.2, -0.15) is 0 Å². The molecule has 8 aromatic carbocycles. The average molecular weight is 741 g/mol. The van der Waals surface area contributed by atoms with Crippen LogP contribution in [-0.4, -0.2) is 19.1 Å². The predicted octanol–water partition coefficient (Wildman–Crippen LogP) is 12.8. The van der Waals surface area contributed by atoms with E-state index in [4.69, 9.17) is 14.7 Å². The number of nitrogens with zero attached hydrogens (tertiary/aromatic N) is 4. The average Bonchev–Trinajstić information content (AvgIpc) is 3.82. The Balaban J connectivity index is 1.20. The van der Waals surface area contributed by atoms with Crippen molar-refractivity contribution in [2.45, 2.75) is 5.41 Å². The summed E-state index contributed by atoms with van der Waals surface area (Å²) in [7, 11) is 0. The Labute approximate surface area is 333 Å². The maximum Gasteiger partial charge on any atom is 0.235 e.